The maximum atomic E-state index is 13.5. The number of amides is 1. The van der Waals surface area contributed by atoms with Gasteiger partial charge >= 0.3 is 0 Å². The van der Waals surface area contributed by atoms with Crippen molar-refractivity contribution in [2.75, 3.05) is 13.1 Å². The molecule has 1 saturated heterocycles. The Morgan fingerprint density at radius 2 is 1.93 bits per heavy atom. The molecule has 1 amide bonds. The molecule has 0 saturated carbocycles. The van der Waals surface area contributed by atoms with E-state index in [1.807, 2.05) is 19.9 Å². The van der Waals surface area contributed by atoms with Crippen molar-refractivity contribution in [3.05, 3.63) is 64.3 Å². The van der Waals surface area contributed by atoms with Crippen LogP contribution in [0.3, 0.4) is 0 Å². The molecular formula is C21H21ClFN5O. The van der Waals surface area contributed by atoms with Gasteiger partial charge in [0.2, 0.25) is 5.82 Å². The highest BCUT2D eigenvalue weighted by Gasteiger charge is 2.28. The summed E-state index contributed by atoms with van der Waals surface area (Å²) in [7, 11) is 0. The van der Waals surface area contributed by atoms with Gasteiger partial charge in [0.25, 0.3) is 5.91 Å². The maximum Gasteiger partial charge on any atom is 0.292 e. The lowest BCUT2D eigenvalue weighted by atomic mass is 9.89. The monoisotopic (exact) mass is 413 g/mol. The van der Waals surface area contributed by atoms with E-state index in [1.54, 1.807) is 29.3 Å². The average molecular weight is 414 g/mol. The number of nitriles is 1. The van der Waals surface area contributed by atoms with Gasteiger partial charge in [0.1, 0.15) is 11.9 Å². The van der Waals surface area contributed by atoms with Crippen LogP contribution in [0, 0.1) is 17.1 Å². The minimum Gasteiger partial charge on any atom is -0.336 e. The molecule has 1 aliphatic heterocycles. The van der Waals surface area contributed by atoms with Gasteiger partial charge in [0.05, 0.1) is 5.56 Å². The average Bonchev–Trinajstić information content (AvgIpc) is 3.19. The van der Waals surface area contributed by atoms with Crippen molar-refractivity contribution < 1.29 is 9.18 Å². The second-order valence-electron chi connectivity index (χ2n) is 6.51. The lowest BCUT2D eigenvalue weighted by Crippen LogP contribution is -2.38. The van der Waals surface area contributed by atoms with Crippen molar-refractivity contribution in [3.63, 3.8) is 0 Å². The molecule has 6 nitrogen and oxygen atoms in total. The summed E-state index contributed by atoms with van der Waals surface area (Å²) >= 11 is 6.21. The molecule has 0 spiro atoms. The number of hydrogen-bond acceptors (Lipinski definition) is 4. The van der Waals surface area contributed by atoms with Crippen molar-refractivity contribution in [2.45, 2.75) is 32.6 Å². The van der Waals surface area contributed by atoms with Gasteiger partial charge in [-0.05, 0) is 54.7 Å². The number of benzene rings is 1. The summed E-state index contributed by atoms with van der Waals surface area (Å²) in [5, 5.41) is 17.6. The Labute approximate surface area is 173 Å². The standard InChI is InChI=1S/C19H15ClFN5O.C2H6/c20-16-3-2-14(21)9-15(16)13-5-7-25(8-6-13)19(27)18-24-23-17-4-1-12(10-22)11-26(17)18;1-2/h1-4,9,11,13H,5-8H2;1-2H3. The summed E-state index contributed by atoms with van der Waals surface area (Å²) < 4.78 is 15.1. The van der Waals surface area contributed by atoms with Crippen LogP contribution in [-0.4, -0.2) is 38.5 Å². The SMILES string of the molecule is CC.N#Cc1ccc2nnc(C(=O)N3CCC(c4cc(F)ccc4Cl)CC3)n2c1. The van der Waals surface area contributed by atoms with Gasteiger partial charge in [0.15, 0.2) is 5.65 Å². The first-order chi connectivity index (χ1) is 14.1. The molecule has 2 aromatic heterocycles. The van der Waals surface area contributed by atoms with Crippen molar-refractivity contribution in [1.29, 1.82) is 5.26 Å². The molecule has 3 heterocycles. The zero-order valence-electron chi connectivity index (χ0n) is 16.3. The number of likely N-dealkylation sites (tertiary alicyclic amines) is 1. The zero-order valence-corrected chi connectivity index (χ0v) is 17.0. The maximum absolute atomic E-state index is 13.5. The molecule has 0 atom stereocenters. The summed E-state index contributed by atoms with van der Waals surface area (Å²) in [6.45, 7) is 5.03. The Morgan fingerprint density at radius 1 is 1.21 bits per heavy atom. The van der Waals surface area contributed by atoms with E-state index in [0.717, 1.165) is 5.56 Å². The van der Waals surface area contributed by atoms with E-state index >= 15 is 0 Å². The Bertz CT molecular complexity index is 1070. The highest BCUT2D eigenvalue weighted by atomic mass is 35.5. The number of piperidine rings is 1. The van der Waals surface area contributed by atoms with Crippen LogP contribution in [0.2, 0.25) is 5.02 Å². The molecule has 3 aromatic rings. The third-order valence-electron chi connectivity index (χ3n) is 4.90. The van der Waals surface area contributed by atoms with Crippen molar-refractivity contribution in [2.24, 2.45) is 0 Å². The molecule has 0 bridgehead atoms. The molecule has 29 heavy (non-hydrogen) atoms. The Morgan fingerprint density at radius 3 is 2.62 bits per heavy atom. The first-order valence-corrected chi connectivity index (χ1v) is 9.93. The zero-order chi connectivity index (χ0) is 21.0. The number of rotatable bonds is 2. The van der Waals surface area contributed by atoms with Gasteiger partial charge in [-0.25, -0.2) is 4.39 Å². The quantitative estimate of drug-likeness (QED) is 0.622. The van der Waals surface area contributed by atoms with Gasteiger partial charge in [-0.3, -0.25) is 9.20 Å². The first-order valence-electron chi connectivity index (χ1n) is 9.56. The van der Waals surface area contributed by atoms with Gasteiger partial charge in [-0.2, -0.15) is 5.26 Å². The van der Waals surface area contributed by atoms with Crippen LogP contribution in [0.25, 0.3) is 5.65 Å². The number of pyridine rings is 1. The van der Waals surface area contributed by atoms with Gasteiger partial charge in [0, 0.05) is 24.3 Å². The number of fused-ring (bicyclic) bond motifs is 1. The fourth-order valence-corrected chi connectivity index (χ4v) is 3.74. The van der Waals surface area contributed by atoms with Crippen LogP contribution in [0.1, 0.15) is 54.4 Å². The van der Waals surface area contributed by atoms with Gasteiger partial charge in [-0.1, -0.05) is 25.4 Å². The second-order valence-corrected chi connectivity index (χ2v) is 6.92. The molecule has 4 rings (SSSR count). The van der Waals surface area contributed by atoms with Crippen molar-refractivity contribution in [3.8, 4) is 6.07 Å². The topological polar surface area (TPSA) is 74.3 Å². The van der Waals surface area contributed by atoms with E-state index in [0.29, 0.717) is 42.2 Å². The van der Waals surface area contributed by atoms with E-state index in [2.05, 4.69) is 10.2 Å². The Hall–Kier alpha value is -2.98. The largest absolute Gasteiger partial charge is 0.336 e. The molecular weight excluding hydrogens is 393 g/mol. The molecule has 1 fully saturated rings. The third-order valence-corrected chi connectivity index (χ3v) is 5.25. The molecule has 0 radical (unpaired) electrons. The normalized spacial score (nSPS) is 14.2. The minimum absolute atomic E-state index is 0.109. The smallest absolute Gasteiger partial charge is 0.292 e. The summed E-state index contributed by atoms with van der Waals surface area (Å²) in [5.41, 5.74) is 1.73. The highest BCUT2D eigenvalue weighted by molar-refractivity contribution is 6.31. The fourth-order valence-electron chi connectivity index (χ4n) is 3.47. The first kappa shape index (κ1) is 20.7. The number of carbonyl (C=O) groups is 1. The molecule has 1 aromatic carbocycles. The number of halogens is 2. The number of aromatic nitrogens is 3. The van der Waals surface area contributed by atoms with Crippen molar-refractivity contribution in [1.82, 2.24) is 19.5 Å². The summed E-state index contributed by atoms with van der Waals surface area (Å²) in [6.07, 6.45) is 2.94. The Balaban J connectivity index is 0.00000117. The van der Waals surface area contributed by atoms with E-state index in [1.165, 1.54) is 16.5 Å². The molecule has 0 unspecified atom stereocenters. The second kappa shape index (κ2) is 9.01. The Kier molecular flexibility index (Phi) is 6.45. The van der Waals surface area contributed by atoms with E-state index in [-0.39, 0.29) is 23.5 Å². The predicted molar refractivity (Wildman–Crippen MR) is 108 cm³/mol. The third kappa shape index (κ3) is 4.22. The summed E-state index contributed by atoms with van der Waals surface area (Å²) in [6, 6.07) is 9.71. The number of carbonyl (C=O) groups excluding carboxylic acids is 1. The van der Waals surface area contributed by atoms with Crippen molar-refractivity contribution >= 4 is 23.2 Å². The predicted octanol–water partition coefficient (Wildman–Crippen LogP) is 4.44. The summed E-state index contributed by atoms with van der Waals surface area (Å²) in [5.74, 6) is -0.251. The van der Waals surface area contributed by atoms with Crippen LogP contribution in [0.5, 0.6) is 0 Å². The fraction of sp³-hybridized carbons (Fsp3) is 0.333. The van der Waals surface area contributed by atoms with Crippen LogP contribution in [-0.2, 0) is 0 Å². The molecule has 0 aliphatic carbocycles. The van der Waals surface area contributed by atoms with Crippen LogP contribution in [0.15, 0.2) is 36.5 Å². The highest BCUT2D eigenvalue weighted by Crippen LogP contribution is 2.33. The molecule has 1 aliphatic rings. The van der Waals surface area contributed by atoms with E-state index in [4.69, 9.17) is 16.9 Å². The lowest BCUT2D eigenvalue weighted by molar-refractivity contribution is 0.0699. The van der Waals surface area contributed by atoms with Crippen LogP contribution in [0.4, 0.5) is 4.39 Å². The molecule has 0 N–H and O–H groups in total. The van der Waals surface area contributed by atoms with E-state index in [9.17, 15) is 9.18 Å². The number of hydrogen-bond donors (Lipinski definition) is 0. The number of nitrogens with zero attached hydrogens (tertiary/aromatic N) is 5. The molecule has 150 valence electrons. The van der Waals surface area contributed by atoms with Crippen LogP contribution >= 0.6 is 11.6 Å². The minimum atomic E-state index is -0.309. The van der Waals surface area contributed by atoms with E-state index < -0.39 is 0 Å². The van der Waals surface area contributed by atoms with Gasteiger partial charge < -0.3 is 4.90 Å². The molecule has 8 heteroatoms. The lowest BCUT2D eigenvalue weighted by Gasteiger charge is -2.32. The van der Waals surface area contributed by atoms with Gasteiger partial charge in [-0.15, -0.1) is 10.2 Å². The summed E-state index contributed by atoms with van der Waals surface area (Å²) in [4.78, 5) is 14.6. The van der Waals surface area contributed by atoms with Crippen LogP contribution < -0.4 is 0 Å².